The van der Waals surface area contributed by atoms with Crippen LogP contribution in [0, 0.1) is 11.3 Å². The maximum absolute atomic E-state index is 9.37. The molecule has 0 saturated heterocycles. The molecular weight excluding hydrogens is 228 g/mol. The highest BCUT2D eigenvalue weighted by atomic mass is 16.5. The molecule has 1 aliphatic carbocycles. The van der Waals surface area contributed by atoms with Gasteiger partial charge in [-0.2, -0.15) is 5.26 Å². The van der Waals surface area contributed by atoms with Crippen LogP contribution in [0.3, 0.4) is 0 Å². The smallest absolute Gasteiger partial charge is 0.109 e. The Morgan fingerprint density at radius 2 is 2.17 bits per heavy atom. The molecule has 104 valence electrons. The predicted molar refractivity (Wildman–Crippen MR) is 71.3 cm³/mol. The zero-order chi connectivity index (χ0) is 13.6. The van der Waals surface area contributed by atoms with E-state index in [0.717, 1.165) is 25.9 Å². The Balaban J connectivity index is 2.42. The first kappa shape index (κ1) is 15.4. The molecule has 1 saturated carbocycles. The highest BCUT2D eigenvalue weighted by Crippen LogP contribution is 2.32. The average molecular weight is 254 g/mol. The molecule has 0 aromatic heterocycles. The minimum Gasteiger partial charge on any atom is -0.379 e. The topological polar surface area (TPSA) is 54.3 Å². The van der Waals surface area contributed by atoms with Crippen LogP contribution in [0.4, 0.5) is 0 Å². The van der Waals surface area contributed by atoms with Crippen molar-refractivity contribution in [2.45, 2.75) is 70.7 Å². The van der Waals surface area contributed by atoms with Crippen LogP contribution in [0.25, 0.3) is 0 Å². The van der Waals surface area contributed by atoms with Crippen LogP contribution in [-0.2, 0) is 9.47 Å². The Morgan fingerprint density at radius 3 is 2.72 bits per heavy atom. The molecule has 4 heteroatoms. The van der Waals surface area contributed by atoms with E-state index in [2.05, 4.69) is 25.2 Å². The van der Waals surface area contributed by atoms with Gasteiger partial charge in [-0.1, -0.05) is 0 Å². The van der Waals surface area contributed by atoms with Gasteiger partial charge in [0, 0.05) is 19.1 Å². The van der Waals surface area contributed by atoms with Gasteiger partial charge in [-0.05, 0) is 40.5 Å². The van der Waals surface area contributed by atoms with Crippen LogP contribution in [0.1, 0.15) is 47.0 Å². The third-order valence-electron chi connectivity index (χ3n) is 3.23. The minimum atomic E-state index is -0.399. The summed E-state index contributed by atoms with van der Waals surface area (Å²) in [6.45, 7) is 9.50. The lowest BCUT2D eigenvalue weighted by Gasteiger charge is -2.26. The lowest BCUT2D eigenvalue weighted by Crippen LogP contribution is -2.46. The van der Waals surface area contributed by atoms with Crippen molar-refractivity contribution in [3.63, 3.8) is 0 Å². The average Bonchev–Trinajstić information content (AvgIpc) is 2.69. The van der Waals surface area contributed by atoms with Gasteiger partial charge in [0.05, 0.1) is 24.9 Å². The van der Waals surface area contributed by atoms with Crippen LogP contribution >= 0.6 is 0 Å². The van der Waals surface area contributed by atoms with Gasteiger partial charge in [0.1, 0.15) is 5.54 Å². The van der Waals surface area contributed by atoms with Crippen molar-refractivity contribution in [1.29, 1.82) is 5.26 Å². The third-order valence-corrected chi connectivity index (χ3v) is 3.23. The van der Waals surface area contributed by atoms with Crippen LogP contribution < -0.4 is 5.32 Å². The molecule has 0 aromatic rings. The van der Waals surface area contributed by atoms with E-state index in [1.165, 1.54) is 0 Å². The molecule has 4 nitrogen and oxygen atoms in total. The van der Waals surface area contributed by atoms with Crippen molar-refractivity contribution < 1.29 is 9.47 Å². The molecule has 0 radical (unpaired) electrons. The monoisotopic (exact) mass is 254 g/mol. The number of nitriles is 1. The van der Waals surface area contributed by atoms with Crippen LogP contribution in [-0.4, -0.2) is 37.0 Å². The third kappa shape index (κ3) is 4.56. The van der Waals surface area contributed by atoms with Crippen molar-refractivity contribution >= 4 is 0 Å². The molecule has 1 fully saturated rings. The number of hydrogen-bond acceptors (Lipinski definition) is 4. The van der Waals surface area contributed by atoms with E-state index in [0.29, 0.717) is 12.6 Å². The number of ether oxygens (including phenoxy) is 2. The fraction of sp³-hybridized carbons (Fsp3) is 0.929. The van der Waals surface area contributed by atoms with Crippen LogP contribution in [0.5, 0.6) is 0 Å². The van der Waals surface area contributed by atoms with Crippen molar-refractivity contribution in [3.05, 3.63) is 0 Å². The van der Waals surface area contributed by atoms with E-state index in [9.17, 15) is 5.26 Å². The largest absolute Gasteiger partial charge is 0.379 e. The quantitative estimate of drug-likeness (QED) is 0.757. The van der Waals surface area contributed by atoms with E-state index < -0.39 is 5.54 Å². The second-order valence-electron chi connectivity index (χ2n) is 5.46. The molecule has 3 atom stereocenters. The van der Waals surface area contributed by atoms with Gasteiger partial charge in [-0.15, -0.1) is 0 Å². The molecule has 3 unspecified atom stereocenters. The van der Waals surface area contributed by atoms with Gasteiger partial charge in [-0.25, -0.2) is 0 Å². The van der Waals surface area contributed by atoms with Crippen molar-refractivity contribution in [3.8, 4) is 6.07 Å². The van der Waals surface area contributed by atoms with Crippen molar-refractivity contribution in [2.24, 2.45) is 0 Å². The Labute approximate surface area is 111 Å². The first-order chi connectivity index (χ1) is 8.51. The van der Waals surface area contributed by atoms with Gasteiger partial charge in [0.2, 0.25) is 0 Å². The van der Waals surface area contributed by atoms with Gasteiger partial charge in [-0.3, -0.25) is 5.32 Å². The summed E-state index contributed by atoms with van der Waals surface area (Å²) in [5, 5.41) is 12.7. The summed E-state index contributed by atoms with van der Waals surface area (Å²) in [5.41, 5.74) is -0.399. The summed E-state index contributed by atoms with van der Waals surface area (Å²) in [5.74, 6) is 0. The van der Waals surface area contributed by atoms with E-state index in [4.69, 9.17) is 9.47 Å². The number of nitrogens with zero attached hydrogens (tertiary/aromatic N) is 1. The molecule has 0 heterocycles. The minimum absolute atomic E-state index is 0.100. The lowest BCUT2D eigenvalue weighted by molar-refractivity contribution is -0.0448. The molecule has 0 bridgehead atoms. The van der Waals surface area contributed by atoms with Crippen molar-refractivity contribution in [2.75, 3.05) is 13.2 Å². The highest BCUT2D eigenvalue weighted by Gasteiger charge is 2.40. The summed E-state index contributed by atoms with van der Waals surface area (Å²) < 4.78 is 11.3. The first-order valence-corrected chi connectivity index (χ1v) is 6.93. The lowest BCUT2D eigenvalue weighted by atomic mass is 9.98. The summed E-state index contributed by atoms with van der Waals surface area (Å²) in [6.07, 6.45) is 2.87. The zero-order valence-electron chi connectivity index (χ0n) is 12.0. The number of rotatable bonds is 7. The molecular formula is C14H26N2O2. The number of hydrogen-bond donors (Lipinski definition) is 1. The molecule has 1 rings (SSSR count). The molecule has 0 aliphatic heterocycles. The highest BCUT2D eigenvalue weighted by molar-refractivity contribution is 5.12. The first-order valence-electron chi connectivity index (χ1n) is 6.93. The zero-order valence-corrected chi connectivity index (χ0v) is 12.0. The van der Waals surface area contributed by atoms with Gasteiger partial charge in [0.15, 0.2) is 0 Å². The molecule has 0 aromatic carbocycles. The van der Waals surface area contributed by atoms with E-state index in [1.807, 2.05) is 13.8 Å². The fourth-order valence-corrected chi connectivity index (χ4v) is 2.59. The van der Waals surface area contributed by atoms with E-state index in [-0.39, 0.29) is 12.2 Å². The molecule has 0 spiro atoms. The summed E-state index contributed by atoms with van der Waals surface area (Å²) in [6, 6.07) is 2.76. The Bertz CT molecular complexity index is 288. The van der Waals surface area contributed by atoms with Crippen LogP contribution in [0.15, 0.2) is 0 Å². The Kier molecular flexibility index (Phi) is 6.07. The predicted octanol–water partition coefficient (Wildman–Crippen LogP) is 2.24. The normalized spacial score (nSPS) is 29.4. The molecule has 1 aliphatic rings. The molecule has 0 amide bonds. The maximum Gasteiger partial charge on any atom is 0.109 e. The van der Waals surface area contributed by atoms with Gasteiger partial charge in [0.25, 0.3) is 0 Å². The second kappa shape index (κ2) is 7.08. The fourth-order valence-electron chi connectivity index (χ4n) is 2.59. The summed E-state index contributed by atoms with van der Waals surface area (Å²) >= 11 is 0. The van der Waals surface area contributed by atoms with Crippen molar-refractivity contribution in [1.82, 2.24) is 5.32 Å². The van der Waals surface area contributed by atoms with Gasteiger partial charge >= 0.3 is 0 Å². The van der Waals surface area contributed by atoms with E-state index >= 15 is 0 Å². The summed E-state index contributed by atoms with van der Waals surface area (Å²) in [7, 11) is 0. The molecule has 18 heavy (non-hydrogen) atoms. The van der Waals surface area contributed by atoms with E-state index in [1.54, 1.807) is 0 Å². The second-order valence-corrected chi connectivity index (χ2v) is 5.46. The maximum atomic E-state index is 9.37. The SMILES string of the molecule is CCOCC(C)OC1CCC(C#N)(NC(C)C)C1. The number of nitrogens with one attached hydrogen (secondary N) is 1. The summed E-state index contributed by atoms with van der Waals surface area (Å²) in [4.78, 5) is 0. The Morgan fingerprint density at radius 1 is 1.44 bits per heavy atom. The van der Waals surface area contributed by atoms with Gasteiger partial charge < -0.3 is 9.47 Å². The Hall–Kier alpha value is -0.630. The molecule has 1 N–H and O–H groups in total. The van der Waals surface area contributed by atoms with Crippen LogP contribution in [0.2, 0.25) is 0 Å². The standard InChI is InChI=1S/C14H26N2O2/c1-5-17-9-12(4)18-13-6-7-14(8-13,10-15)16-11(2)3/h11-13,16H,5-9H2,1-4H3.